The van der Waals surface area contributed by atoms with Crippen molar-refractivity contribution in [1.29, 1.82) is 0 Å². The highest BCUT2D eigenvalue weighted by atomic mass is 79.9. The summed E-state index contributed by atoms with van der Waals surface area (Å²) in [4.78, 5) is 32.3. The molecule has 0 bridgehead atoms. The van der Waals surface area contributed by atoms with E-state index in [9.17, 15) is 9.59 Å². The number of allylic oxidation sites excluding steroid dienone is 1. The van der Waals surface area contributed by atoms with Crippen molar-refractivity contribution >= 4 is 50.6 Å². The summed E-state index contributed by atoms with van der Waals surface area (Å²) in [5, 5.41) is 1.92. The van der Waals surface area contributed by atoms with E-state index < -0.39 is 12.0 Å². The van der Waals surface area contributed by atoms with Gasteiger partial charge in [0.1, 0.15) is 6.04 Å². The summed E-state index contributed by atoms with van der Waals surface area (Å²) < 4.78 is 19.0. The van der Waals surface area contributed by atoms with Crippen LogP contribution in [0.3, 0.4) is 0 Å². The Labute approximate surface area is 199 Å². The largest absolute Gasteiger partial charge is 0.463 e. The topological polar surface area (TPSA) is 79.1 Å². The monoisotopic (exact) mass is 532 g/mol. The molecule has 0 amide bonds. The van der Waals surface area contributed by atoms with Crippen LogP contribution < -0.4 is 24.4 Å². The smallest absolute Gasteiger partial charge is 0.338 e. The van der Waals surface area contributed by atoms with Crippen LogP contribution in [0.25, 0.3) is 6.08 Å². The molecule has 7 nitrogen and oxygen atoms in total. The maximum atomic E-state index is 13.5. The lowest BCUT2D eigenvalue weighted by Crippen LogP contribution is -2.39. The van der Waals surface area contributed by atoms with Crippen LogP contribution in [0.1, 0.15) is 30.3 Å². The number of nitrogens with zero attached hydrogens (tertiary/aromatic N) is 2. The van der Waals surface area contributed by atoms with Gasteiger partial charge in [-0.15, -0.1) is 11.3 Å². The molecule has 1 aromatic carbocycles. The van der Waals surface area contributed by atoms with Gasteiger partial charge in [0.2, 0.25) is 6.79 Å². The van der Waals surface area contributed by atoms with Crippen molar-refractivity contribution in [3.63, 3.8) is 0 Å². The second-order valence-electron chi connectivity index (χ2n) is 7.04. The van der Waals surface area contributed by atoms with Gasteiger partial charge in [0.15, 0.2) is 16.3 Å². The number of fused-ring (bicyclic) bond motifs is 2. The predicted molar refractivity (Wildman–Crippen MR) is 125 cm³/mol. The first-order chi connectivity index (χ1) is 15.5. The molecule has 0 saturated carbocycles. The summed E-state index contributed by atoms with van der Waals surface area (Å²) in [6.07, 6.45) is 1.80. The van der Waals surface area contributed by atoms with E-state index in [4.69, 9.17) is 14.2 Å². The lowest BCUT2D eigenvalue weighted by Gasteiger charge is -2.23. The third kappa shape index (κ3) is 3.52. The maximum Gasteiger partial charge on any atom is 0.338 e. The molecule has 164 valence electrons. The third-order valence-electron chi connectivity index (χ3n) is 5.11. The molecule has 0 aliphatic carbocycles. The molecule has 0 spiro atoms. The summed E-state index contributed by atoms with van der Waals surface area (Å²) in [6, 6.07) is 6.89. The summed E-state index contributed by atoms with van der Waals surface area (Å²) in [7, 11) is 0. The Balaban J connectivity index is 1.70. The molecule has 1 unspecified atom stereocenters. The number of carbonyl (C=O) groups is 1. The van der Waals surface area contributed by atoms with Gasteiger partial charge in [-0.05, 0) is 49.1 Å². The maximum absolute atomic E-state index is 13.5. The van der Waals surface area contributed by atoms with E-state index in [-0.39, 0.29) is 19.0 Å². The van der Waals surface area contributed by atoms with Crippen molar-refractivity contribution < 1.29 is 19.0 Å². The van der Waals surface area contributed by atoms with Crippen LogP contribution in [-0.4, -0.2) is 23.9 Å². The number of esters is 1. The van der Waals surface area contributed by atoms with Crippen LogP contribution in [0.4, 0.5) is 0 Å². The molecule has 0 radical (unpaired) electrons. The van der Waals surface area contributed by atoms with Gasteiger partial charge >= 0.3 is 5.97 Å². The van der Waals surface area contributed by atoms with Crippen LogP contribution >= 0.6 is 38.6 Å². The highest BCUT2D eigenvalue weighted by molar-refractivity contribution is 9.10. The van der Waals surface area contributed by atoms with Crippen molar-refractivity contribution in [2.45, 2.75) is 19.9 Å². The molecule has 0 fully saturated rings. The average molecular weight is 533 g/mol. The normalized spacial score (nSPS) is 17.3. The van der Waals surface area contributed by atoms with Gasteiger partial charge in [0.05, 0.1) is 22.4 Å². The first kappa shape index (κ1) is 21.2. The van der Waals surface area contributed by atoms with Crippen LogP contribution in [0.15, 0.2) is 55.2 Å². The Bertz CT molecular complexity index is 1440. The number of thiazole rings is 1. The first-order valence-electron chi connectivity index (χ1n) is 9.80. The quantitative estimate of drug-likeness (QED) is 0.481. The molecule has 0 saturated heterocycles. The van der Waals surface area contributed by atoms with E-state index in [0.29, 0.717) is 32.1 Å². The average Bonchev–Trinajstić information content (AvgIpc) is 3.49. The molecule has 2 aromatic heterocycles. The zero-order valence-corrected chi connectivity index (χ0v) is 20.3. The summed E-state index contributed by atoms with van der Waals surface area (Å²) in [5.41, 5.74) is 1.51. The number of benzene rings is 1. The number of halogens is 1. The molecule has 2 aliphatic heterocycles. The molecule has 32 heavy (non-hydrogen) atoms. The number of rotatable bonds is 4. The fourth-order valence-electron chi connectivity index (χ4n) is 3.69. The number of ether oxygens (including phenoxy) is 3. The minimum Gasteiger partial charge on any atom is -0.463 e. The third-order valence-corrected chi connectivity index (χ3v) is 7.70. The summed E-state index contributed by atoms with van der Waals surface area (Å²) >= 11 is 6.31. The number of hydrogen-bond acceptors (Lipinski definition) is 8. The van der Waals surface area contributed by atoms with Gasteiger partial charge < -0.3 is 14.2 Å². The van der Waals surface area contributed by atoms with Crippen molar-refractivity contribution in [2.24, 2.45) is 4.99 Å². The second kappa shape index (κ2) is 8.34. The standard InChI is InChI=1S/C22H17BrN2O5S2/c1-3-28-21(27)18-11(2)24-22-25(19(18)16-5-4-6-31-16)20(26)17(32-22)8-12-7-14-15(9-13(12)23)30-10-29-14/h4-9,19H,3,10H2,1-2H3/b17-8+. The number of aromatic nitrogens is 1. The van der Waals surface area contributed by atoms with E-state index in [1.54, 1.807) is 24.5 Å². The zero-order chi connectivity index (χ0) is 22.4. The van der Waals surface area contributed by atoms with Crippen molar-refractivity contribution in [3.8, 4) is 11.5 Å². The molecule has 5 rings (SSSR count). The van der Waals surface area contributed by atoms with Crippen LogP contribution in [0.2, 0.25) is 0 Å². The van der Waals surface area contributed by atoms with Crippen molar-refractivity contribution in [3.05, 3.63) is 75.5 Å². The van der Waals surface area contributed by atoms with E-state index in [1.807, 2.05) is 29.6 Å². The van der Waals surface area contributed by atoms with Crippen LogP contribution in [-0.2, 0) is 9.53 Å². The van der Waals surface area contributed by atoms with Crippen molar-refractivity contribution in [2.75, 3.05) is 13.4 Å². The van der Waals surface area contributed by atoms with E-state index in [2.05, 4.69) is 20.9 Å². The molecule has 10 heteroatoms. The van der Waals surface area contributed by atoms with E-state index in [1.165, 1.54) is 22.7 Å². The lowest BCUT2D eigenvalue weighted by atomic mass is 10.0. The van der Waals surface area contributed by atoms with E-state index in [0.717, 1.165) is 14.9 Å². The highest BCUT2D eigenvalue weighted by Gasteiger charge is 2.33. The lowest BCUT2D eigenvalue weighted by molar-refractivity contribution is -0.139. The summed E-state index contributed by atoms with van der Waals surface area (Å²) in [5.74, 6) is 0.826. The Morgan fingerprint density at radius 1 is 1.38 bits per heavy atom. The van der Waals surface area contributed by atoms with E-state index >= 15 is 0 Å². The zero-order valence-electron chi connectivity index (χ0n) is 17.1. The van der Waals surface area contributed by atoms with Gasteiger partial charge in [0, 0.05) is 9.35 Å². The van der Waals surface area contributed by atoms with Crippen molar-refractivity contribution in [1.82, 2.24) is 4.57 Å². The van der Waals surface area contributed by atoms with Gasteiger partial charge in [-0.2, -0.15) is 0 Å². The Hall–Kier alpha value is -2.69. The molecule has 0 N–H and O–H groups in total. The predicted octanol–water partition coefficient (Wildman–Crippen LogP) is 3.35. The van der Waals surface area contributed by atoms with Gasteiger partial charge in [-0.1, -0.05) is 33.3 Å². The second-order valence-corrected chi connectivity index (χ2v) is 9.89. The highest BCUT2D eigenvalue weighted by Crippen LogP contribution is 2.37. The minimum atomic E-state index is -0.576. The molecule has 4 heterocycles. The van der Waals surface area contributed by atoms with Crippen LogP contribution in [0.5, 0.6) is 11.5 Å². The molecule has 1 atom stereocenters. The molecular formula is C22H17BrN2O5S2. The Morgan fingerprint density at radius 3 is 2.88 bits per heavy atom. The van der Waals surface area contributed by atoms with Gasteiger partial charge in [0.25, 0.3) is 5.56 Å². The fourth-order valence-corrected chi connectivity index (χ4v) is 5.99. The molecule has 3 aromatic rings. The van der Waals surface area contributed by atoms with Gasteiger partial charge in [-0.25, -0.2) is 9.79 Å². The number of thiophene rings is 1. The molecular weight excluding hydrogens is 516 g/mol. The Morgan fingerprint density at radius 2 is 2.16 bits per heavy atom. The first-order valence-corrected chi connectivity index (χ1v) is 12.3. The summed E-state index contributed by atoms with van der Waals surface area (Å²) in [6.45, 7) is 3.95. The SMILES string of the molecule is CCOC(=O)C1=C(C)N=c2s/c(=C/c3cc4c(cc3Br)OCO4)c(=O)n2C1c1cccs1. The number of hydrogen-bond donors (Lipinski definition) is 0. The Kier molecular flexibility index (Phi) is 5.52. The molecule has 2 aliphatic rings. The minimum absolute atomic E-state index is 0.171. The fraction of sp³-hybridized carbons (Fsp3) is 0.227. The number of carbonyl (C=O) groups excluding carboxylic acids is 1. The van der Waals surface area contributed by atoms with Crippen LogP contribution in [0, 0.1) is 0 Å². The van der Waals surface area contributed by atoms with Gasteiger partial charge in [-0.3, -0.25) is 9.36 Å².